The number of nitrogens with one attached hydrogen (secondary N) is 2. The smallest absolute Gasteiger partial charge is 0.339 e. The molecule has 0 spiro atoms. The highest BCUT2D eigenvalue weighted by atomic mass is 16.5. The van der Waals surface area contributed by atoms with E-state index >= 15 is 0 Å². The fraction of sp³-hybridized carbons (Fsp3) is 0.286. The van der Waals surface area contributed by atoms with Gasteiger partial charge in [-0.05, 0) is 18.2 Å². The lowest BCUT2D eigenvalue weighted by Crippen LogP contribution is -2.31. The van der Waals surface area contributed by atoms with E-state index in [0.29, 0.717) is 0 Å². The molecule has 22 heavy (non-hydrogen) atoms. The minimum absolute atomic E-state index is 0.0753. The van der Waals surface area contributed by atoms with Gasteiger partial charge in [-0.1, -0.05) is 0 Å². The van der Waals surface area contributed by atoms with Gasteiger partial charge >= 0.3 is 11.9 Å². The highest BCUT2D eigenvalue weighted by Gasteiger charge is 2.17. The first kappa shape index (κ1) is 17.2. The summed E-state index contributed by atoms with van der Waals surface area (Å²) >= 11 is 0. The van der Waals surface area contributed by atoms with Crippen LogP contribution >= 0.6 is 0 Å². The second-order valence-corrected chi connectivity index (χ2v) is 4.20. The van der Waals surface area contributed by atoms with Crippen molar-refractivity contribution in [2.75, 3.05) is 26.1 Å². The Balaban J connectivity index is 3.06. The number of hydrogen-bond donors (Lipinski definition) is 2. The zero-order valence-electron chi connectivity index (χ0n) is 12.4. The minimum Gasteiger partial charge on any atom is -0.465 e. The van der Waals surface area contributed by atoms with Crippen molar-refractivity contribution in [2.45, 2.75) is 6.92 Å². The lowest BCUT2D eigenvalue weighted by molar-refractivity contribution is -0.122. The van der Waals surface area contributed by atoms with Gasteiger partial charge in [0, 0.05) is 6.92 Å². The highest BCUT2D eigenvalue weighted by Crippen LogP contribution is 2.19. The quantitative estimate of drug-likeness (QED) is 0.759. The van der Waals surface area contributed by atoms with Gasteiger partial charge in [-0.25, -0.2) is 9.59 Å². The van der Waals surface area contributed by atoms with Crippen molar-refractivity contribution in [3.8, 4) is 0 Å². The van der Waals surface area contributed by atoms with E-state index < -0.39 is 17.8 Å². The summed E-state index contributed by atoms with van der Waals surface area (Å²) < 4.78 is 9.18. The maximum atomic E-state index is 11.7. The van der Waals surface area contributed by atoms with Crippen LogP contribution in [-0.4, -0.2) is 44.5 Å². The molecule has 0 aromatic heterocycles. The average molecular weight is 308 g/mol. The fourth-order valence-corrected chi connectivity index (χ4v) is 1.58. The van der Waals surface area contributed by atoms with Crippen LogP contribution in [0, 0.1) is 0 Å². The number of anilines is 1. The van der Waals surface area contributed by atoms with E-state index in [-0.39, 0.29) is 29.3 Å². The third kappa shape index (κ3) is 4.58. The van der Waals surface area contributed by atoms with Crippen LogP contribution in [0.5, 0.6) is 0 Å². The van der Waals surface area contributed by atoms with Crippen LogP contribution in [0.3, 0.4) is 0 Å². The molecule has 0 heterocycles. The largest absolute Gasteiger partial charge is 0.465 e. The molecule has 0 unspecified atom stereocenters. The monoisotopic (exact) mass is 308 g/mol. The first-order valence-corrected chi connectivity index (χ1v) is 6.24. The average Bonchev–Trinajstić information content (AvgIpc) is 2.51. The molecule has 2 amide bonds. The molecule has 1 aromatic rings. The van der Waals surface area contributed by atoms with Gasteiger partial charge < -0.3 is 20.1 Å². The summed E-state index contributed by atoms with van der Waals surface area (Å²) in [7, 11) is 2.41. The Hall–Kier alpha value is -2.90. The number of hydrogen-bond acceptors (Lipinski definition) is 6. The molecule has 0 saturated carbocycles. The second kappa shape index (κ2) is 7.77. The third-order valence-corrected chi connectivity index (χ3v) is 2.62. The van der Waals surface area contributed by atoms with Gasteiger partial charge in [0.1, 0.15) is 0 Å². The van der Waals surface area contributed by atoms with Crippen LogP contribution < -0.4 is 10.6 Å². The fourth-order valence-electron chi connectivity index (χ4n) is 1.58. The molecule has 0 bridgehead atoms. The Kier molecular flexibility index (Phi) is 6.06. The SMILES string of the molecule is COC(=O)c1ccc(C(=O)OC)c(NC(=O)CNC(C)=O)c1. The first-order chi connectivity index (χ1) is 10.4. The van der Waals surface area contributed by atoms with Crippen molar-refractivity contribution < 1.29 is 28.7 Å². The van der Waals surface area contributed by atoms with Crippen molar-refractivity contribution in [1.82, 2.24) is 5.32 Å². The summed E-state index contributed by atoms with van der Waals surface area (Å²) in [6.45, 7) is 1.00. The number of benzene rings is 1. The number of amides is 2. The molecule has 0 aliphatic heterocycles. The van der Waals surface area contributed by atoms with Crippen molar-refractivity contribution >= 4 is 29.4 Å². The van der Waals surface area contributed by atoms with Gasteiger partial charge in [-0.2, -0.15) is 0 Å². The molecule has 0 aliphatic carbocycles. The van der Waals surface area contributed by atoms with Crippen molar-refractivity contribution in [3.63, 3.8) is 0 Å². The highest BCUT2D eigenvalue weighted by molar-refractivity contribution is 6.04. The number of esters is 2. The molecular formula is C14H16N2O6. The van der Waals surface area contributed by atoms with E-state index in [1.54, 1.807) is 0 Å². The molecule has 8 nitrogen and oxygen atoms in total. The maximum absolute atomic E-state index is 11.7. The van der Waals surface area contributed by atoms with E-state index in [0.717, 1.165) is 0 Å². The Labute approximate surface area is 126 Å². The van der Waals surface area contributed by atoms with Crippen molar-refractivity contribution in [1.29, 1.82) is 0 Å². The van der Waals surface area contributed by atoms with Crippen LogP contribution in [-0.2, 0) is 19.1 Å². The van der Waals surface area contributed by atoms with Gasteiger partial charge in [0.05, 0.1) is 37.6 Å². The van der Waals surface area contributed by atoms with Crippen LogP contribution in [0.1, 0.15) is 27.6 Å². The Morgan fingerprint density at radius 1 is 1.05 bits per heavy atom. The van der Waals surface area contributed by atoms with Gasteiger partial charge in [-0.3, -0.25) is 9.59 Å². The van der Waals surface area contributed by atoms with Gasteiger partial charge in [-0.15, -0.1) is 0 Å². The molecule has 8 heteroatoms. The summed E-state index contributed by atoms with van der Waals surface area (Å²) in [5.41, 5.74) is 0.321. The summed E-state index contributed by atoms with van der Waals surface area (Å²) in [6, 6.07) is 4.01. The molecule has 0 fully saturated rings. The molecule has 0 aliphatic rings. The first-order valence-electron chi connectivity index (χ1n) is 6.24. The molecule has 0 saturated heterocycles. The van der Waals surface area contributed by atoms with Crippen LogP contribution in [0.4, 0.5) is 5.69 Å². The zero-order valence-corrected chi connectivity index (χ0v) is 12.4. The number of carbonyl (C=O) groups is 4. The predicted molar refractivity (Wildman–Crippen MR) is 76.4 cm³/mol. The number of rotatable bonds is 5. The topological polar surface area (TPSA) is 111 Å². The van der Waals surface area contributed by atoms with Gasteiger partial charge in [0.15, 0.2) is 0 Å². The molecule has 2 N–H and O–H groups in total. The van der Waals surface area contributed by atoms with E-state index in [1.165, 1.54) is 39.3 Å². The second-order valence-electron chi connectivity index (χ2n) is 4.20. The Morgan fingerprint density at radius 2 is 1.68 bits per heavy atom. The molecule has 0 radical (unpaired) electrons. The molecular weight excluding hydrogens is 292 g/mol. The van der Waals surface area contributed by atoms with Crippen molar-refractivity contribution in [3.05, 3.63) is 29.3 Å². The normalized spacial score (nSPS) is 9.59. The van der Waals surface area contributed by atoms with Gasteiger partial charge in [0.2, 0.25) is 11.8 Å². The lowest BCUT2D eigenvalue weighted by Gasteiger charge is -2.11. The standard InChI is InChI=1S/C14H16N2O6/c1-8(17)15-7-12(18)16-11-6-9(13(19)21-2)4-5-10(11)14(20)22-3/h4-6H,7H2,1-3H3,(H,15,17)(H,16,18). The zero-order chi connectivity index (χ0) is 16.7. The molecule has 118 valence electrons. The summed E-state index contributed by atoms with van der Waals surface area (Å²) in [5.74, 6) is -2.21. The summed E-state index contributed by atoms with van der Waals surface area (Å²) in [5, 5.41) is 4.76. The number of carbonyl (C=O) groups excluding carboxylic acids is 4. The number of methoxy groups -OCH3 is 2. The lowest BCUT2D eigenvalue weighted by atomic mass is 10.1. The van der Waals surface area contributed by atoms with Crippen LogP contribution in [0.25, 0.3) is 0 Å². The molecule has 1 rings (SSSR count). The third-order valence-electron chi connectivity index (χ3n) is 2.62. The maximum Gasteiger partial charge on any atom is 0.339 e. The van der Waals surface area contributed by atoms with Crippen LogP contribution in [0.2, 0.25) is 0 Å². The predicted octanol–water partition coefficient (Wildman–Crippen LogP) is 0.334. The number of ether oxygens (including phenoxy) is 2. The minimum atomic E-state index is -0.675. The van der Waals surface area contributed by atoms with E-state index in [9.17, 15) is 19.2 Å². The summed E-state index contributed by atoms with van der Waals surface area (Å²) in [4.78, 5) is 45.7. The Morgan fingerprint density at radius 3 is 2.23 bits per heavy atom. The molecule has 0 atom stereocenters. The van der Waals surface area contributed by atoms with E-state index in [1.807, 2.05) is 0 Å². The Bertz CT molecular complexity index is 611. The molecule has 1 aromatic carbocycles. The van der Waals surface area contributed by atoms with Gasteiger partial charge in [0.25, 0.3) is 0 Å². The van der Waals surface area contributed by atoms with E-state index in [2.05, 4.69) is 20.1 Å². The summed E-state index contributed by atoms with van der Waals surface area (Å²) in [6.07, 6.45) is 0. The van der Waals surface area contributed by atoms with Crippen LogP contribution in [0.15, 0.2) is 18.2 Å². The van der Waals surface area contributed by atoms with E-state index in [4.69, 9.17) is 0 Å². The van der Waals surface area contributed by atoms with Crippen molar-refractivity contribution in [2.24, 2.45) is 0 Å².